The van der Waals surface area contributed by atoms with Crippen molar-refractivity contribution < 1.29 is 27.8 Å². The maximum Gasteiger partial charge on any atom is 0.231 e. The number of hydrogen-bond donors (Lipinski definition) is 1. The van der Waals surface area contributed by atoms with Crippen molar-refractivity contribution in [3.63, 3.8) is 0 Å². The molecule has 0 bridgehead atoms. The maximum atomic E-state index is 12.9. The number of aryl methyl sites for hydroxylation is 1. The Kier molecular flexibility index (Phi) is 5.26. The van der Waals surface area contributed by atoms with Crippen molar-refractivity contribution in [2.24, 2.45) is 0 Å². The molecule has 2 aromatic carbocycles. The van der Waals surface area contributed by atoms with Gasteiger partial charge in [0.2, 0.25) is 23.7 Å². The second-order valence-corrected chi connectivity index (χ2v) is 7.66. The molecule has 0 radical (unpaired) electrons. The Morgan fingerprint density at radius 1 is 1.00 bits per heavy atom. The summed E-state index contributed by atoms with van der Waals surface area (Å²) in [5.74, 6) is 2.64. The first-order valence-electron chi connectivity index (χ1n) is 10.4. The fourth-order valence-corrected chi connectivity index (χ4v) is 3.77. The number of rotatable bonds is 6. The Bertz CT molecular complexity index is 1400. The third-order valence-corrected chi connectivity index (χ3v) is 5.40. The number of carbonyl (C=O) groups excluding carboxylic acids is 1. The fourth-order valence-electron chi connectivity index (χ4n) is 3.77. The van der Waals surface area contributed by atoms with Gasteiger partial charge in [-0.15, -0.1) is 0 Å². The minimum Gasteiger partial charge on any atom is -0.497 e. The van der Waals surface area contributed by atoms with Crippen LogP contribution in [0.25, 0.3) is 22.5 Å². The summed E-state index contributed by atoms with van der Waals surface area (Å²) in [6, 6.07) is 14.1. The Morgan fingerprint density at radius 3 is 2.58 bits per heavy atom. The first-order chi connectivity index (χ1) is 16.0. The van der Waals surface area contributed by atoms with Gasteiger partial charge in [-0.25, -0.2) is 0 Å². The van der Waals surface area contributed by atoms with E-state index >= 15 is 0 Å². The van der Waals surface area contributed by atoms with E-state index in [2.05, 4.69) is 5.32 Å². The second-order valence-electron chi connectivity index (χ2n) is 7.66. The highest BCUT2D eigenvalue weighted by Crippen LogP contribution is 2.34. The lowest BCUT2D eigenvalue weighted by molar-refractivity contribution is -0.120. The zero-order valence-electron chi connectivity index (χ0n) is 18.1. The summed E-state index contributed by atoms with van der Waals surface area (Å²) in [5.41, 5.74) is 2.17. The third kappa shape index (κ3) is 4.03. The van der Waals surface area contributed by atoms with E-state index in [-0.39, 0.29) is 35.7 Å². The molecule has 168 valence electrons. The quantitative estimate of drug-likeness (QED) is 0.478. The van der Waals surface area contributed by atoms with Gasteiger partial charge in [0, 0.05) is 18.2 Å². The van der Waals surface area contributed by atoms with Crippen molar-refractivity contribution in [2.45, 2.75) is 19.9 Å². The lowest BCUT2D eigenvalue weighted by Gasteiger charge is -2.07. The van der Waals surface area contributed by atoms with E-state index in [1.807, 2.05) is 30.3 Å². The molecule has 33 heavy (non-hydrogen) atoms. The monoisotopic (exact) mass is 447 g/mol. The molecule has 5 rings (SSSR count). The number of ether oxygens (including phenoxy) is 3. The Hall–Kier alpha value is -4.20. The van der Waals surface area contributed by atoms with E-state index in [4.69, 9.17) is 23.0 Å². The number of amides is 1. The van der Waals surface area contributed by atoms with Crippen molar-refractivity contribution in [3.8, 4) is 28.6 Å². The van der Waals surface area contributed by atoms with Gasteiger partial charge in [0.05, 0.1) is 19.1 Å². The summed E-state index contributed by atoms with van der Waals surface area (Å²) in [6.45, 7) is 2.19. The average molecular weight is 447 g/mol. The molecule has 0 saturated carbocycles. The van der Waals surface area contributed by atoms with E-state index in [0.29, 0.717) is 46.4 Å². The smallest absolute Gasteiger partial charge is 0.231 e. The van der Waals surface area contributed by atoms with Gasteiger partial charge in [0.25, 0.3) is 0 Å². The summed E-state index contributed by atoms with van der Waals surface area (Å²) in [6.07, 6.45) is -0.0225. The number of hydrogen-bond acceptors (Lipinski definition) is 7. The zero-order chi connectivity index (χ0) is 22.9. The molecule has 8 nitrogen and oxygen atoms in total. The van der Waals surface area contributed by atoms with Crippen molar-refractivity contribution in [3.05, 3.63) is 75.6 Å². The van der Waals surface area contributed by atoms with Crippen LogP contribution in [0.1, 0.15) is 16.9 Å². The number of fused-ring (bicyclic) bond motifs is 2. The molecule has 0 spiro atoms. The van der Waals surface area contributed by atoms with E-state index in [9.17, 15) is 9.59 Å². The Balaban J connectivity index is 1.44. The van der Waals surface area contributed by atoms with Crippen LogP contribution >= 0.6 is 0 Å². The van der Waals surface area contributed by atoms with Crippen molar-refractivity contribution in [1.29, 1.82) is 0 Å². The van der Waals surface area contributed by atoms with Crippen molar-refractivity contribution in [1.82, 2.24) is 5.32 Å². The minimum atomic E-state index is -0.296. The van der Waals surface area contributed by atoms with Crippen molar-refractivity contribution in [2.75, 3.05) is 13.9 Å². The van der Waals surface area contributed by atoms with Crippen LogP contribution in [0.15, 0.2) is 62.2 Å². The molecule has 8 heteroatoms. The van der Waals surface area contributed by atoms with E-state index in [0.717, 1.165) is 5.56 Å². The normalized spacial score (nSPS) is 12.2. The predicted molar refractivity (Wildman–Crippen MR) is 120 cm³/mol. The summed E-state index contributed by atoms with van der Waals surface area (Å²) in [4.78, 5) is 25.4. The summed E-state index contributed by atoms with van der Waals surface area (Å²) < 4.78 is 27.6. The third-order valence-electron chi connectivity index (χ3n) is 5.40. The zero-order valence-corrected chi connectivity index (χ0v) is 18.1. The second kappa shape index (κ2) is 8.38. The van der Waals surface area contributed by atoms with Crippen LogP contribution in [0.5, 0.6) is 17.2 Å². The molecule has 0 fully saturated rings. The van der Waals surface area contributed by atoms with Gasteiger partial charge in [-0.05, 0) is 48.9 Å². The topological polar surface area (TPSA) is 100 Å². The highest BCUT2D eigenvalue weighted by Gasteiger charge is 2.23. The molecule has 2 aromatic heterocycles. The van der Waals surface area contributed by atoms with E-state index < -0.39 is 0 Å². The molecule has 3 heterocycles. The van der Waals surface area contributed by atoms with Crippen LogP contribution < -0.4 is 25.0 Å². The number of methoxy groups -OCH3 is 1. The van der Waals surface area contributed by atoms with Crippen LogP contribution in [0.4, 0.5) is 0 Å². The minimum absolute atomic E-state index is 0.0225. The van der Waals surface area contributed by atoms with Crippen LogP contribution in [-0.2, 0) is 17.8 Å². The number of benzene rings is 2. The van der Waals surface area contributed by atoms with E-state index in [1.165, 1.54) is 6.07 Å². The average Bonchev–Trinajstić information content (AvgIpc) is 3.42. The summed E-state index contributed by atoms with van der Waals surface area (Å²) >= 11 is 0. The molecule has 1 N–H and O–H groups in total. The van der Waals surface area contributed by atoms with Gasteiger partial charge < -0.3 is 28.4 Å². The van der Waals surface area contributed by atoms with Crippen LogP contribution in [0, 0.1) is 6.92 Å². The predicted octanol–water partition coefficient (Wildman–Crippen LogP) is 3.96. The van der Waals surface area contributed by atoms with Crippen LogP contribution in [0.2, 0.25) is 0 Å². The first-order valence-corrected chi connectivity index (χ1v) is 10.4. The van der Waals surface area contributed by atoms with Gasteiger partial charge in [0.1, 0.15) is 17.3 Å². The highest BCUT2D eigenvalue weighted by molar-refractivity contribution is 5.90. The van der Waals surface area contributed by atoms with Crippen molar-refractivity contribution >= 4 is 17.1 Å². The summed E-state index contributed by atoms with van der Waals surface area (Å²) in [5, 5.41) is 2.90. The van der Waals surface area contributed by atoms with Gasteiger partial charge in [-0.3, -0.25) is 9.59 Å². The molecule has 0 atom stereocenters. The molecule has 1 amide bonds. The SMILES string of the molecule is COc1ccc(-c2oc3c(=O)cc(C)oc3c2CC(=O)NCc2ccc3c(c2)OCO3)cc1. The van der Waals surface area contributed by atoms with Gasteiger partial charge >= 0.3 is 0 Å². The van der Waals surface area contributed by atoms with E-state index in [1.54, 1.807) is 26.2 Å². The Morgan fingerprint density at radius 2 is 1.79 bits per heavy atom. The largest absolute Gasteiger partial charge is 0.497 e. The molecule has 0 aliphatic carbocycles. The lowest BCUT2D eigenvalue weighted by atomic mass is 10.0. The van der Waals surface area contributed by atoms with Crippen LogP contribution in [-0.4, -0.2) is 19.8 Å². The van der Waals surface area contributed by atoms with Gasteiger partial charge in [0.15, 0.2) is 17.1 Å². The van der Waals surface area contributed by atoms with Gasteiger partial charge in [-0.1, -0.05) is 6.07 Å². The number of furan rings is 1. The maximum absolute atomic E-state index is 12.9. The molecule has 0 saturated heterocycles. The number of carbonyl (C=O) groups is 1. The summed E-state index contributed by atoms with van der Waals surface area (Å²) in [7, 11) is 1.58. The molecular formula is C25H21NO7. The highest BCUT2D eigenvalue weighted by atomic mass is 16.7. The molecule has 4 aromatic rings. The fraction of sp³-hybridized carbons (Fsp3) is 0.200. The molecular weight excluding hydrogens is 426 g/mol. The van der Waals surface area contributed by atoms with Gasteiger partial charge in [-0.2, -0.15) is 0 Å². The lowest BCUT2D eigenvalue weighted by Crippen LogP contribution is -2.24. The first kappa shape index (κ1) is 20.7. The molecule has 0 unspecified atom stereocenters. The standard InChI is InChI=1S/C25H21NO7/c1-14-9-19(27)25-24(32-14)18(23(33-25)16-4-6-17(29-2)7-5-16)11-22(28)26-12-15-3-8-20-21(10-15)31-13-30-20/h3-10H,11-13H2,1-2H3,(H,26,28). The molecule has 1 aliphatic rings. The Labute approximate surface area is 188 Å². The molecule has 1 aliphatic heterocycles. The van der Waals surface area contributed by atoms with Crippen LogP contribution in [0.3, 0.4) is 0 Å². The number of nitrogens with one attached hydrogen (secondary N) is 1.